The summed E-state index contributed by atoms with van der Waals surface area (Å²) >= 11 is 1.82. The quantitative estimate of drug-likeness (QED) is 0.291. The fraction of sp³-hybridized carbons (Fsp3) is 0.500. The van der Waals surface area contributed by atoms with Gasteiger partial charge in [0, 0.05) is 24.5 Å². The van der Waals surface area contributed by atoms with Crippen LogP contribution in [0.15, 0.2) is 45.3 Å². The molecule has 7 nitrogen and oxygen atoms in total. The summed E-state index contributed by atoms with van der Waals surface area (Å²) in [4.78, 5) is 20.1. The smallest absolute Gasteiger partial charge is 0.239 e. The maximum atomic E-state index is 12.0. The van der Waals surface area contributed by atoms with E-state index in [9.17, 15) is 4.79 Å². The van der Waals surface area contributed by atoms with E-state index >= 15 is 0 Å². The van der Waals surface area contributed by atoms with Gasteiger partial charge in [0.05, 0.1) is 19.4 Å². The Labute approximate surface area is 193 Å². The van der Waals surface area contributed by atoms with Crippen LogP contribution in [0, 0.1) is 5.92 Å². The summed E-state index contributed by atoms with van der Waals surface area (Å²) in [5, 5.41) is 11.4. The number of carbonyl (C=O) groups excluding carboxylic acids is 1. The van der Waals surface area contributed by atoms with Gasteiger partial charge < -0.3 is 20.4 Å². The molecule has 2 unspecified atom stereocenters. The van der Waals surface area contributed by atoms with Crippen molar-refractivity contribution >= 4 is 47.2 Å². The van der Waals surface area contributed by atoms with Crippen molar-refractivity contribution in [1.29, 1.82) is 0 Å². The molecule has 3 N–H and O–H groups in total. The molecule has 3 rings (SSSR count). The second kappa shape index (κ2) is 12.2. The molecule has 1 amide bonds. The third-order valence-electron chi connectivity index (χ3n) is 5.05. The predicted molar refractivity (Wildman–Crippen MR) is 128 cm³/mol. The average Bonchev–Trinajstić information content (AvgIpc) is 3.40. The van der Waals surface area contributed by atoms with E-state index in [0.717, 1.165) is 18.8 Å². The second-order valence-electron chi connectivity index (χ2n) is 7.01. The van der Waals surface area contributed by atoms with E-state index < -0.39 is 0 Å². The molecule has 0 spiro atoms. The minimum atomic E-state index is -0.104. The molecule has 1 aliphatic rings. The van der Waals surface area contributed by atoms with E-state index in [0.29, 0.717) is 24.5 Å². The molecular formula is C20H30IN5O2S. The number of likely N-dealkylation sites (tertiary alicyclic amines) is 1. The van der Waals surface area contributed by atoms with Crippen molar-refractivity contribution < 1.29 is 9.21 Å². The van der Waals surface area contributed by atoms with Gasteiger partial charge in [-0.2, -0.15) is 0 Å². The van der Waals surface area contributed by atoms with E-state index in [-0.39, 0.29) is 36.4 Å². The first kappa shape index (κ1) is 23.7. The zero-order chi connectivity index (χ0) is 19.8. The molecule has 2 aromatic heterocycles. The zero-order valence-corrected chi connectivity index (χ0v) is 20.0. The predicted octanol–water partition coefficient (Wildman–Crippen LogP) is 2.82. The van der Waals surface area contributed by atoms with Crippen LogP contribution in [-0.2, 0) is 11.3 Å². The molecule has 1 fully saturated rings. The number of nitrogens with zero attached hydrogens (tertiary/aromatic N) is 2. The van der Waals surface area contributed by atoms with Gasteiger partial charge in [-0.05, 0) is 55.9 Å². The summed E-state index contributed by atoms with van der Waals surface area (Å²) in [6.07, 6.45) is 3.98. The number of thiophene rings is 1. The van der Waals surface area contributed by atoms with E-state index in [1.54, 1.807) is 19.4 Å². The van der Waals surface area contributed by atoms with E-state index in [1.165, 1.54) is 17.7 Å². The van der Waals surface area contributed by atoms with Gasteiger partial charge in [-0.15, -0.1) is 35.3 Å². The van der Waals surface area contributed by atoms with Crippen LogP contribution < -0.4 is 16.0 Å². The number of hydrogen-bond acceptors (Lipinski definition) is 5. The number of nitrogens with one attached hydrogen (secondary N) is 3. The Bertz CT molecular complexity index is 751. The van der Waals surface area contributed by atoms with Crippen molar-refractivity contribution in [2.45, 2.75) is 25.4 Å². The Hall–Kier alpha value is -1.59. The normalized spacial score (nSPS) is 20.0. The van der Waals surface area contributed by atoms with Crippen LogP contribution in [-0.4, -0.2) is 50.5 Å². The molecule has 3 heterocycles. The number of halogens is 1. The molecule has 0 aromatic carbocycles. The highest BCUT2D eigenvalue weighted by Gasteiger charge is 2.31. The van der Waals surface area contributed by atoms with Crippen LogP contribution in [0.25, 0.3) is 0 Å². The van der Waals surface area contributed by atoms with E-state index in [4.69, 9.17) is 4.42 Å². The van der Waals surface area contributed by atoms with Gasteiger partial charge in [0.1, 0.15) is 5.76 Å². The van der Waals surface area contributed by atoms with Gasteiger partial charge in [-0.3, -0.25) is 14.7 Å². The fourth-order valence-electron chi connectivity index (χ4n) is 3.66. The molecule has 160 valence electrons. The van der Waals surface area contributed by atoms with Gasteiger partial charge in [-0.1, -0.05) is 6.07 Å². The van der Waals surface area contributed by atoms with Gasteiger partial charge >= 0.3 is 0 Å². The number of carbonyl (C=O) groups is 1. The van der Waals surface area contributed by atoms with Gasteiger partial charge in [0.25, 0.3) is 0 Å². The summed E-state index contributed by atoms with van der Waals surface area (Å²) in [7, 11) is 3.92. The topological polar surface area (TPSA) is 81.9 Å². The molecule has 9 heteroatoms. The van der Waals surface area contributed by atoms with Gasteiger partial charge in [0.15, 0.2) is 5.96 Å². The average molecular weight is 531 g/mol. The number of furan rings is 1. The lowest BCUT2D eigenvalue weighted by atomic mass is 9.88. The van der Waals surface area contributed by atoms with Crippen LogP contribution in [0.5, 0.6) is 0 Å². The van der Waals surface area contributed by atoms with E-state index in [1.807, 2.05) is 17.4 Å². The Morgan fingerprint density at radius 2 is 2.17 bits per heavy atom. The number of piperidine rings is 1. The van der Waals surface area contributed by atoms with Crippen molar-refractivity contribution in [2.24, 2.45) is 10.9 Å². The number of hydrogen-bond donors (Lipinski definition) is 3. The summed E-state index contributed by atoms with van der Waals surface area (Å²) in [5.41, 5.74) is 0. The fourth-order valence-corrected chi connectivity index (χ4v) is 4.64. The third-order valence-corrected chi connectivity index (χ3v) is 6.00. The molecule has 0 aliphatic carbocycles. The molecule has 1 saturated heterocycles. The number of aliphatic imine (C=N–C) groups is 1. The monoisotopic (exact) mass is 531 g/mol. The Kier molecular flexibility index (Phi) is 9.95. The van der Waals surface area contributed by atoms with Crippen LogP contribution in [0.1, 0.15) is 29.5 Å². The highest BCUT2D eigenvalue weighted by Crippen LogP contribution is 2.36. The number of guanidine groups is 1. The summed E-state index contributed by atoms with van der Waals surface area (Å²) in [5.74, 6) is 1.78. The van der Waals surface area contributed by atoms with Crippen molar-refractivity contribution in [3.05, 3.63) is 46.5 Å². The maximum Gasteiger partial charge on any atom is 0.239 e. The van der Waals surface area contributed by atoms with Crippen molar-refractivity contribution in [3.63, 3.8) is 0 Å². The minimum Gasteiger partial charge on any atom is -0.467 e. The molecule has 0 saturated carbocycles. The molecule has 2 aromatic rings. The lowest BCUT2D eigenvalue weighted by Crippen LogP contribution is -2.47. The van der Waals surface area contributed by atoms with Crippen molar-refractivity contribution in [3.8, 4) is 0 Å². The van der Waals surface area contributed by atoms with Crippen LogP contribution in [0.3, 0.4) is 0 Å². The van der Waals surface area contributed by atoms with Gasteiger partial charge in [0.2, 0.25) is 5.91 Å². The summed E-state index contributed by atoms with van der Waals surface area (Å²) in [6.45, 7) is 2.50. The Morgan fingerprint density at radius 1 is 1.31 bits per heavy atom. The molecule has 0 bridgehead atoms. The SMILES string of the molecule is CN=C(NCC(=O)NCc1ccco1)NCC1CCCN(C)C1c1cccs1.I. The molecule has 0 radical (unpaired) electrons. The minimum absolute atomic E-state index is 0. The first-order valence-electron chi connectivity index (χ1n) is 9.64. The third kappa shape index (κ3) is 7.00. The second-order valence-corrected chi connectivity index (χ2v) is 7.99. The molecule has 29 heavy (non-hydrogen) atoms. The van der Waals surface area contributed by atoms with E-state index in [2.05, 4.69) is 50.4 Å². The molecule has 2 atom stereocenters. The number of amides is 1. The van der Waals surface area contributed by atoms with Crippen LogP contribution in [0.4, 0.5) is 0 Å². The van der Waals surface area contributed by atoms with Crippen molar-refractivity contribution in [1.82, 2.24) is 20.9 Å². The van der Waals surface area contributed by atoms with Crippen molar-refractivity contribution in [2.75, 3.05) is 33.7 Å². The Balaban J connectivity index is 0.00000300. The zero-order valence-electron chi connectivity index (χ0n) is 16.9. The molecule has 1 aliphatic heterocycles. The molecular weight excluding hydrogens is 501 g/mol. The summed E-state index contributed by atoms with van der Waals surface area (Å²) < 4.78 is 5.21. The van der Waals surface area contributed by atoms with Crippen LogP contribution >= 0.6 is 35.3 Å². The standard InChI is InChI=1S/C20H29N5O2S.HI/c1-21-20(24-14-18(26)22-13-16-7-4-10-27-16)23-12-15-6-3-9-25(2)19(15)17-8-5-11-28-17;/h4-5,7-8,10-11,15,19H,3,6,9,12-14H2,1-2H3,(H,22,26)(H2,21,23,24);1H. The lowest BCUT2D eigenvalue weighted by molar-refractivity contribution is -0.120. The summed E-state index contributed by atoms with van der Waals surface area (Å²) in [6, 6.07) is 8.41. The number of rotatable bonds is 7. The lowest BCUT2D eigenvalue weighted by Gasteiger charge is -2.39. The van der Waals surface area contributed by atoms with Crippen LogP contribution in [0.2, 0.25) is 0 Å². The van der Waals surface area contributed by atoms with Gasteiger partial charge in [-0.25, -0.2) is 0 Å². The first-order valence-corrected chi connectivity index (χ1v) is 10.5. The largest absolute Gasteiger partial charge is 0.467 e. The highest BCUT2D eigenvalue weighted by molar-refractivity contribution is 14.0. The maximum absolute atomic E-state index is 12.0. The Morgan fingerprint density at radius 3 is 2.86 bits per heavy atom. The first-order chi connectivity index (χ1) is 13.7. The highest BCUT2D eigenvalue weighted by atomic mass is 127.